The van der Waals surface area contributed by atoms with Crippen molar-refractivity contribution in [2.24, 2.45) is 11.7 Å². The van der Waals surface area contributed by atoms with E-state index in [1.807, 2.05) is 6.92 Å². The summed E-state index contributed by atoms with van der Waals surface area (Å²) >= 11 is 0. The molecule has 0 saturated carbocycles. The molecule has 0 amide bonds. The van der Waals surface area contributed by atoms with Gasteiger partial charge < -0.3 is 10.8 Å². The Kier molecular flexibility index (Phi) is 3.71. The Morgan fingerprint density at radius 3 is 2.54 bits per heavy atom. The molecule has 3 nitrogen and oxygen atoms in total. The van der Waals surface area contributed by atoms with E-state index >= 15 is 0 Å². The van der Waals surface area contributed by atoms with Crippen LogP contribution in [0.5, 0.6) is 0 Å². The van der Waals surface area contributed by atoms with Crippen LogP contribution in [0.1, 0.15) is 27.2 Å². The fourth-order valence-corrected chi connectivity index (χ4v) is 1.80. The van der Waals surface area contributed by atoms with Gasteiger partial charge >= 0.3 is 0 Å². The fourth-order valence-electron chi connectivity index (χ4n) is 1.80. The molecule has 1 aliphatic rings. The predicted octanol–water partition coefficient (Wildman–Crippen LogP) is 0.425. The van der Waals surface area contributed by atoms with Gasteiger partial charge in [0.15, 0.2) is 0 Å². The van der Waals surface area contributed by atoms with Crippen LogP contribution in [0.25, 0.3) is 0 Å². The van der Waals surface area contributed by atoms with Crippen LogP contribution in [0.3, 0.4) is 0 Å². The first-order valence-electron chi connectivity index (χ1n) is 5.20. The second-order valence-electron chi connectivity index (χ2n) is 4.41. The highest BCUT2D eigenvalue weighted by Gasteiger charge is 2.27. The van der Waals surface area contributed by atoms with Crippen molar-refractivity contribution in [1.82, 2.24) is 4.90 Å². The summed E-state index contributed by atoms with van der Waals surface area (Å²) in [6, 6.07) is 0.508. The number of piperidine rings is 1. The summed E-state index contributed by atoms with van der Waals surface area (Å²) in [6.45, 7) is 8.10. The molecular formula is C10H22N2O. The molecule has 0 aliphatic carbocycles. The summed E-state index contributed by atoms with van der Waals surface area (Å²) in [7, 11) is 0. The van der Waals surface area contributed by atoms with Gasteiger partial charge in [-0.1, -0.05) is 6.92 Å². The van der Waals surface area contributed by atoms with Gasteiger partial charge in [-0.15, -0.1) is 0 Å². The first kappa shape index (κ1) is 11.0. The largest absolute Gasteiger partial charge is 0.392 e. The SMILES string of the molecule is CC(O)C(C)N1CCC(C)C(N)C1. The molecule has 0 spiro atoms. The Morgan fingerprint density at radius 1 is 1.46 bits per heavy atom. The molecule has 0 bridgehead atoms. The van der Waals surface area contributed by atoms with Crippen LogP contribution < -0.4 is 5.73 Å². The van der Waals surface area contributed by atoms with Crippen molar-refractivity contribution in [3.63, 3.8) is 0 Å². The molecule has 0 aromatic rings. The molecule has 3 heteroatoms. The zero-order valence-corrected chi connectivity index (χ0v) is 8.90. The van der Waals surface area contributed by atoms with E-state index in [4.69, 9.17) is 5.73 Å². The van der Waals surface area contributed by atoms with Crippen molar-refractivity contribution in [1.29, 1.82) is 0 Å². The zero-order chi connectivity index (χ0) is 10.0. The van der Waals surface area contributed by atoms with E-state index in [-0.39, 0.29) is 18.2 Å². The van der Waals surface area contributed by atoms with Crippen LogP contribution in [0.4, 0.5) is 0 Å². The third-order valence-electron chi connectivity index (χ3n) is 3.32. The predicted molar refractivity (Wildman–Crippen MR) is 54.5 cm³/mol. The average Bonchev–Trinajstić information content (AvgIpc) is 2.08. The molecule has 4 atom stereocenters. The maximum Gasteiger partial charge on any atom is 0.0664 e. The molecule has 1 heterocycles. The lowest BCUT2D eigenvalue weighted by atomic mass is 9.93. The minimum absolute atomic E-state index is 0.235. The average molecular weight is 186 g/mol. The third-order valence-corrected chi connectivity index (χ3v) is 3.32. The molecule has 0 radical (unpaired) electrons. The number of likely N-dealkylation sites (tertiary alicyclic amines) is 1. The Balaban J connectivity index is 2.45. The van der Waals surface area contributed by atoms with Gasteiger partial charge in [0.2, 0.25) is 0 Å². The minimum Gasteiger partial charge on any atom is -0.392 e. The third kappa shape index (κ3) is 2.66. The molecule has 1 fully saturated rings. The summed E-state index contributed by atoms with van der Waals surface area (Å²) in [5.41, 5.74) is 5.98. The van der Waals surface area contributed by atoms with Crippen LogP contribution in [0, 0.1) is 5.92 Å². The van der Waals surface area contributed by atoms with Crippen LogP contribution >= 0.6 is 0 Å². The topological polar surface area (TPSA) is 49.5 Å². The van der Waals surface area contributed by atoms with E-state index in [0.717, 1.165) is 19.5 Å². The molecule has 13 heavy (non-hydrogen) atoms. The first-order chi connectivity index (χ1) is 6.02. The standard InChI is InChI=1S/C10H22N2O/c1-7-4-5-12(6-10(7)11)8(2)9(3)13/h7-10,13H,4-6,11H2,1-3H3. The summed E-state index contributed by atoms with van der Waals surface area (Å²) in [6.07, 6.45) is 0.888. The lowest BCUT2D eigenvalue weighted by molar-refractivity contribution is 0.0432. The van der Waals surface area contributed by atoms with Gasteiger partial charge in [-0.3, -0.25) is 4.90 Å². The van der Waals surface area contributed by atoms with E-state index in [1.165, 1.54) is 0 Å². The van der Waals surface area contributed by atoms with Crippen molar-refractivity contribution in [3.8, 4) is 0 Å². The number of nitrogens with zero attached hydrogens (tertiary/aromatic N) is 1. The van der Waals surface area contributed by atoms with Crippen LogP contribution in [-0.4, -0.2) is 41.3 Å². The van der Waals surface area contributed by atoms with Gasteiger partial charge in [-0.05, 0) is 32.7 Å². The highest BCUT2D eigenvalue weighted by Crippen LogP contribution is 2.18. The number of aliphatic hydroxyl groups excluding tert-OH is 1. The number of hydrogen-bond donors (Lipinski definition) is 2. The Bertz CT molecular complexity index is 161. The van der Waals surface area contributed by atoms with Crippen molar-refractivity contribution >= 4 is 0 Å². The van der Waals surface area contributed by atoms with E-state index in [0.29, 0.717) is 5.92 Å². The number of rotatable bonds is 2. The van der Waals surface area contributed by atoms with E-state index in [9.17, 15) is 5.11 Å². The molecular weight excluding hydrogens is 164 g/mol. The van der Waals surface area contributed by atoms with Gasteiger partial charge in [0.25, 0.3) is 0 Å². The first-order valence-corrected chi connectivity index (χ1v) is 5.20. The molecule has 3 N–H and O–H groups in total. The molecule has 0 aromatic heterocycles. The second kappa shape index (κ2) is 4.40. The van der Waals surface area contributed by atoms with E-state index < -0.39 is 0 Å². The van der Waals surface area contributed by atoms with Gasteiger partial charge in [0.1, 0.15) is 0 Å². The zero-order valence-electron chi connectivity index (χ0n) is 8.90. The lowest BCUT2D eigenvalue weighted by Crippen LogP contribution is -2.52. The molecule has 4 unspecified atom stereocenters. The number of aliphatic hydroxyl groups is 1. The summed E-state index contributed by atoms with van der Waals surface area (Å²) in [4.78, 5) is 2.29. The molecule has 0 aromatic carbocycles. The highest BCUT2D eigenvalue weighted by molar-refractivity contribution is 4.84. The Morgan fingerprint density at radius 2 is 2.08 bits per heavy atom. The summed E-state index contributed by atoms with van der Waals surface area (Å²) in [5, 5.41) is 9.44. The quantitative estimate of drug-likeness (QED) is 0.657. The van der Waals surface area contributed by atoms with Gasteiger partial charge in [0, 0.05) is 18.6 Å². The molecule has 78 valence electrons. The van der Waals surface area contributed by atoms with Crippen LogP contribution in [-0.2, 0) is 0 Å². The van der Waals surface area contributed by atoms with Gasteiger partial charge in [-0.2, -0.15) is 0 Å². The molecule has 1 saturated heterocycles. The monoisotopic (exact) mass is 186 g/mol. The molecule has 1 rings (SSSR count). The smallest absolute Gasteiger partial charge is 0.0664 e. The van der Waals surface area contributed by atoms with E-state index in [1.54, 1.807) is 0 Å². The Hall–Kier alpha value is -0.120. The van der Waals surface area contributed by atoms with Gasteiger partial charge in [0.05, 0.1) is 6.10 Å². The number of hydrogen-bond acceptors (Lipinski definition) is 3. The minimum atomic E-state index is -0.263. The van der Waals surface area contributed by atoms with Crippen LogP contribution in [0.15, 0.2) is 0 Å². The maximum atomic E-state index is 9.44. The van der Waals surface area contributed by atoms with Crippen molar-refractivity contribution in [3.05, 3.63) is 0 Å². The van der Waals surface area contributed by atoms with Gasteiger partial charge in [-0.25, -0.2) is 0 Å². The van der Waals surface area contributed by atoms with Crippen molar-refractivity contribution in [2.45, 2.75) is 45.4 Å². The maximum absolute atomic E-state index is 9.44. The van der Waals surface area contributed by atoms with Crippen molar-refractivity contribution in [2.75, 3.05) is 13.1 Å². The fraction of sp³-hybridized carbons (Fsp3) is 1.00. The van der Waals surface area contributed by atoms with Crippen molar-refractivity contribution < 1.29 is 5.11 Å². The number of nitrogens with two attached hydrogens (primary N) is 1. The lowest BCUT2D eigenvalue weighted by Gasteiger charge is -2.39. The summed E-state index contributed by atoms with van der Waals surface area (Å²) < 4.78 is 0. The normalized spacial score (nSPS) is 35.8. The van der Waals surface area contributed by atoms with E-state index in [2.05, 4.69) is 18.7 Å². The Labute approximate surface area is 80.9 Å². The highest BCUT2D eigenvalue weighted by atomic mass is 16.3. The molecule has 1 aliphatic heterocycles. The second-order valence-corrected chi connectivity index (χ2v) is 4.41. The summed E-state index contributed by atoms with van der Waals surface area (Å²) in [5.74, 6) is 0.623. The van der Waals surface area contributed by atoms with Crippen LogP contribution in [0.2, 0.25) is 0 Å².